The van der Waals surface area contributed by atoms with E-state index in [1.54, 1.807) is 0 Å². The Balaban J connectivity index is 2.10. The fourth-order valence-corrected chi connectivity index (χ4v) is 4.42. The minimum atomic E-state index is -1.86. The SMILES string of the molecule is C[CH2][Sn]([C]#Cc1ccccc1)[C]#Cc1ccccc1. The summed E-state index contributed by atoms with van der Waals surface area (Å²) in [5, 5.41) is 0. The van der Waals surface area contributed by atoms with Gasteiger partial charge >= 0.3 is 123 Å². The van der Waals surface area contributed by atoms with Gasteiger partial charge in [0, 0.05) is 0 Å². The molecule has 0 bridgehead atoms. The first-order valence-electron chi connectivity index (χ1n) is 6.38. The Bertz CT molecular complexity index is 564. The van der Waals surface area contributed by atoms with Crippen molar-refractivity contribution < 1.29 is 0 Å². The van der Waals surface area contributed by atoms with Crippen LogP contribution in [-0.2, 0) is 0 Å². The summed E-state index contributed by atoms with van der Waals surface area (Å²) in [7, 11) is 0. The van der Waals surface area contributed by atoms with E-state index in [0.29, 0.717) is 0 Å². The van der Waals surface area contributed by atoms with E-state index < -0.39 is 19.8 Å². The molecule has 0 aliphatic rings. The van der Waals surface area contributed by atoms with Crippen molar-refractivity contribution in [3.63, 3.8) is 0 Å². The van der Waals surface area contributed by atoms with Crippen LogP contribution in [0.15, 0.2) is 60.7 Å². The molecule has 0 saturated carbocycles. The third-order valence-electron chi connectivity index (χ3n) is 2.62. The monoisotopic (exact) mass is 351 g/mol. The van der Waals surface area contributed by atoms with Crippen LogP contribution in [0.4, 0.5) is 0 Å². The first-order chi connectivity index (χ1) is 9.38. The van der Waals surface area contributed by atoms with E-state index in [-0.39, 0.29) is 0 Å². The summed E-state index contributed by atoms with van der Waals surface area (Å²) in [5.41, 5.74) is 2.19. The Kier molecular flexibility index (Phi) is 5.60. The van der Waals surface area contributed by atoms with Crippen LogP contribution in [0.1, 0.15) is 18.1 Å². The molecule has 2 aromatic carbocycles. The molecule has 19 heavy (non-hydrogen) atoms. The van der Waals surface area contributed by atoms with Gasteiger partial charge in [0.15, 0.2) is 0 Å². The summed E-state index contributed by atoms with van der Waals surface area (Å²) < 4.78 is 8.00. The summed E-state index contributed by atoms with van der Waals surface area (Å²) in [4.78, 5) is 0. The van der Waals surface area contributed by atoms with Gasteiger partial charge in [-0.3, -0.25) is 0 Å². The first kappa shape index (κ1) is 13.8. The molecule has 0 aliphatic carbocycles. The number of benzene rings is 2. The molecule has 0 atom stereocenters. The Morgan fingerprint density at radius 3 is 1.53 bits per heavy atom. The summed E-state index contributed by atoms with van der Waals surface area (Å²) in [5.74, 6) is 6.53. The van der Waals surface area contributed by atoms with Crippen LogP contribution in [0.25, 0.3) is 0 Å². The van der Waals surface area contributed by atoms with Crippen molar-refractivity contribution in [2.45, 2.75) is 11.4 Å². The molecule has 1 radical (unpaired) electrons. The molecule has 2 aromatic rings. The standard InChI is InChI=1S/2C8H5.C2H5.Sn/c2*1-2-8-6-4-3-5-7-8;1-2;/h2*3-7H;1H2,2H3;. The van der Waals surface area contributed by atoms with Crippen molar-refractivity contribution in [1.29, 1.82) is 0 Å². The number of rotatable bonds is 1. The molecule has 91 valence electrons. The molecule has 1 heteroatoms. The van der Waals surface area contributed by atoms with Crippen LogP contribution >= 0.6 is 0 Å². The van der Waals surface area contributed by atoms with Crippen molar-refractivity contribution >= 4 is 19.8 Å². The molecule has 0 unspecified atom stereocenters. The first-order valence-corrected chi connectivity index (χ1v) is 11.3. The van der Waals surface area contributed by atoms with Crippen LogP contribution < -0.4 is 0 Å². The predicted molar refractivity (Wildman–Crippen MR) is 82.9 cm³/mol. The van der Waals surface area contributed by atoms with Gasteiger partial charge in [0.05, 0.1) is 0 Å². The molecule has 0 amide bonds. The summed E-state index contributed by atoms with van der Waals surface area (Å²) in [6.45, 7) is 2.20. The second kappa shape index (κ2) is 7.72. The van der Waals surface area contributed by atoms with Crippen LogP contribution in [0.5, 0.6) is 0 Å². The Morgan fingerprint density at radius 2 is 1.16 bits per heavy atom. The molecular weight excluding hydrogens is 335 g/mol. The van der Waals surface area contributed by atoms with E-state index in [1.165, 1.54) is 0 Å². The zero-order chi connectivity index (χ0) is 13.3. The van der Waals surface area contributed by atoms with Gasteiger partial charge in [-0.25, -0.2) is 0 Å². The molecule has 2 rings (SSSR count). The molecule has 0 nitrogen and oxygen atoms in total. The second-order valence-corrected chi connectivity index (χ2v) is 10.2. The van der Waals surface area contributed by atoms with E-state index in [1.807, 2.05) is 60.7 Å². The number of hydrogen-bond donors (Lipinski definition) is 0. The topological polar surface area (TPSA) is 0 Å². The van der Waals surface area contributed by atoms with Crippen LogP contribution in [0.2, 0.25) is 4.44 Å². The van der Waals surface area contributed by atoms with Crippen molar-refractivity contribution in [1.82, 2.24) is 0 Å². The van der Waals surface area contributed by atoms with Gasteiger partial charge in [-0.15, -0.1) is 0 Å². The van der Waals surface area contributed by atoms with Crippen molar-refractivity contribution in [2.24, 2.45) is 0 Å². The van der Waals surface area contributed by atoms with Crippen LogP contribution in [0.3, 0.4) is 0 Å². The molecular formula is C18H15Sn. The average Bonchev–Trinajstić information content (AvgIpc) is 2.49. The normalized spacial score (nSPS) is 9.16. The van der Waals surface area contributed by atoms with Gasteiger partial charge in [-0.1, -0.05) is 0 Å². The summed E-state index contributed by atoms with van der Waals surface area (Å²) in [6, 6.07) is 20.3. The van der Waals surface area contributed by atoms with E-state index in [0.717, 1.165) is 15.6 Å². The minimum absolute atomic E-state index is 1.09. The van der Waals surface area contributed by atoms with Gasteiger partial charge in [-0.2, -0.15) is 0 Å². The van der Waals surface area contributed by atoms with E-state index in [2.05, 4.69) is 26.6 Å². The average molecular weight is 350 g/mol. The molecule has 0 saturated heterocycles. The Hall–Kier alpha value is -1.64. The van der Waals surface area contributed by atoms with Gasteiger partial charge in [-0.05, 0) is 0 Å². The van der Waals surface area contributed by atoms with E-state index in [4.69, 9.17) is 0 Å². The number of hydrogen-bond acceptors (Lipinski definition) is 0. The Labute approximate surface area is 122 Å². The Morgan fingerprint density at radius 1 is 0.737 bits per heavy atom. The fourth-order valence-electron chi connectivity index (χ4n) is 1.55. The van der Waals surface area contributed by atoms with Crippen molar-refractivity contribution in [3.8, 4) is 19.7 Å². The third-order valence-corrected chi connectivity index (χ3v) is 7.07. The van der Waals surface area contributed by atoms with Gasteiger partial charge in [0.25, 0.3) is 0 Å². The zero-order valence-electron chi connectivity index (χ0n) is 11.0. The predicted octanol–water partition coefficient (Wildman–Crippen LogP) is 3.68. The van der Waals surface area contributed by atoms with Gasteiger partial charge in [0.1, 0.15) is 0 Å². The maximum absolute atomic E-state index is 3.43. The maximum atomic E-state index is 3.43. The third kappa shape index (κ3) is 4.85. The fraction of sp³-hybridized carbons (Fsp3) is 0.111. The van der Waals surface area contributed by atoms with E-state index >= 15 is 0 Å². The van der Waals surface area contributed by atoms with Crippen molar-refractivity contribution in [3.05, 3.63) is 71.8 Å². The molecule has 0 aliphatic heterocycles. The summed E-state index contributed by atoms with van der Waals surface area (Å²) in [6.07, 6.45) is 0. The van der Waals surface area contributed by atoms with Gasteiger partial charge in [0.2, 0.25) is 0 Å². The molecule has 0 N–H and O–H groups in total. The zero-order valence-corrected chi connectivity index (χ0v) is 13.8. The van der Waals surface area contributed by atoms with E-state index in [9.17, 15) is 0 Å². The van der Waals surface area contributed by atoms with Gasteiger partial charge < -0.3 is 0 Å². The molecule has 0 heterocycles. The quantitative estimate of drug-likeness (QED) is 0.544. The summed E-state index contributed by atoms with van der Waals surface area (Å²) >= 11 is -1.86. The molecule has 0 fully saturated rings. The molecule has 0 aromatic heterocycles. The van der Waals surface area contributed by atoms with Crippen molar-refractivity contribution in [2.75, 3.05) is 0 Å². The molecule has 0 spiro atoms. The second-order valence-electron chi connectivity index (χ2n) is 4.06. The van der Waals surface area contributed by atoms with Crippen LogP contribution in [0, 0.1) is 19.7 Å². The van der Waals surface area contributed by atoms with Crippen LogP contribution in [-0.4, -0.2) is 19.8 Å².